The number of aromatic amines is 1. The number of nitrogens with one attached hydrogen (secondary N) is 1. The number of benzene rings is 7. The fraction of sp³-hybridized carbons (Fsp3) is 0. The van der Waals surface area contributed by atoms with E-state index in [1.165, 1.54) is 10.8 Å². The van der Waals surface area contributed by atoms with Gasteiger partial charge in [-0.1, -0.05) is 115 Å². The first-order valence-corrected chi connectivity index (χ1v) is 16.2. The van der Waals surface area contributed by atoms with Crippen LogP contribution >= 0.6 is 0 Å². The molecular formula is C44H30N4. The average molecular weight is 615 g/mol. The molecule has 0 bridgehead atoms. The first-order valence-electron chi connectivity index (χ1n) is 16.2. The number of rotatable bonds is 6. The highest BCUT2D eigenvalue weighted by atomic mass is 15.1. The molecule has 226 valence electrons. The van der Waals surface area contributed by atoms with Gasteiger partial charge in [0.25, 0.3) is 0 Å². The van der Waals surface area contributed by atoms with Gasteiger partial charge in [-0.05, 0) is 71.8 Å². The lowest BCUT2D eigenvalue weighted by atomic mass is 10.0. The molecule has 0 aliphatic rings. The van der Waals surface area contributed by atoms with Crippen LogP contribution < -0.4 is 4.90 Å². The number of H-pyrrole nitrogens is 1. The number of hydrogen-bond donors (Lipinski definition) is 1. The van der Waals surface area contributed by atoms with Crippen LogP contribution in [0.25, 0.3) is 66.5 Å². The van der Waals surface area contributed by atoms with Gasteiger partial charge in [0.1, 0.15) is 0 Å². The van der Waals surface area contributed by atoms with Crippen molar-refractivity contribution in [2.24, 2.45) is 0 Å². The number of fused-ring (bicyclic) bond motifs is 4. The quantitative estimate of drug-likeness (QED) is 0.203. The molecule has 4 heteroatoms. The van der Waals surface area contributed by atoms with Gasteiger partial charge in [-0.2, -0.15) is 0 Å². The number of hydrogen-bond acceptors (Lipinski definition) is 3. The molecule has 0 saturated carbocycles. The second-order valence-electron chi connectivity index (χ2n) is 12.0. The minimum Gasteiger partial charge on any atom is -0.355 e. The predicted molar refractivity (Wildman–Crippen MR) is 200 cm³/mol. The Morgan fingerprint density at radius 3 is 1.65 bits per heavy atom. The minimum atomic E-state index is 0.860. The van der Waals surface area contributed by atoms with Gasteiger partial charge in [0, 0.05) is 50.0 Å². The van der Waals surface area contributed by atoms with Gasteiger partial charge in [0.15, 0.2) is 0 Å². The fourth-order valence-corrected chi connectivity index (χ4v) is 6.63. The highest BCUT2D eigenvalue weighted by molar-refractivity contribution is 6.08. The maximum Gasteiger partial charge on any atom is 0.0973 e. The summed E-state index contributed by atoms with van der Waals surface area (Å²) in [6.45, 7) is 0. The zero-order valence-electron chi connectivity index (χ0n) is 26.1. The molecule has 0 radical (unpaired) electrons. The van der Waals surface area contributed by atoms with E-state index in [1.807, 2.05) is 12.1 Å². The Bertz CT molecular complexity index is 2540. The Morgan fingerprint density at radius 2 is 0.896 bits per heavy atom. The molecule has 2 heterocycles. The highest BCUT2D eigenvalue weighted by Crippen LogP contribution is 2.39. The number of nitrogens with zero attached hydrogens (tertiary/aromatic N) is 3. The molecule has 9 aromatic rings. The summed E-state index contributed by atoms with van der Waals surface area (Å²) in [5, 5.41) is 2.42. The first kappa shape index (κ1) is 27.8. The number of aromatic nitrogens is 3. The molecule has 0 amide bonds. The summed E-state index contributed by atoms with van der Waals surface area (Å²) in [6.07, 6.45) is 0. The summed E-state index contributed by atoms with van der Waals surface area (Å²) in [6, 6.07) is 61.4. The molecule has 0 aliphatic heterocycles. The van der Waals surface area contributed by atoms with E-state index in [4.69, 9.17) is 9.97 Å². The van der Waals surface area contributed by atoms with Gasteiger partial charge in [-0.25, -0.2) is 9.97 Å². The van der Waals surface area contributed by atoms with Crippen molar-refractivity contribution in [2.75, 3.05) is 4.90 Å². The maximum atomic E-state index is 5.23. The Kier molecular flexibility index (Phi) is 6.76. The third-order valence-electron chi connectivity index (χ3n) is 8.98. The molecule has 9 rings (SSSR count). The van der Waals surface area contributed by atoms with Crippen LogP contribution in [0.15, 0.2) is 176 Å². The van der Waals surface area contributed by atoms with Crippen LogP contribution in [-0.4, -0.2) is 15.0 Å². The molecule has 0 saturated heterocycles. The van der Waals surface area contributed by atoms with Crippen LogP contribution in [0.1, 0.15) is 0 Å². The van der Waals surface area contributed by atoms with Gasteiger partial charge < -0.3 is 9.88 Å². The van der Waals surface area contributed by atoms with Gasteiger partial charge >= 0.3 is 0 Å². The summed E-state index contributed by atoms with van der Waals surface area (Å²) >= 11 is 0. The summed E-state index contributed by atoms with van der Waals surface area (Å²) in [4.78, 5) is 16.3. The molecule has 4 nitrogen and oxygen atoms in total. The van der Waals surface area contributed by atoms with Crippen molar-refractivity contribution in [1.29, 1.82) is 0 Å². The molecule has 0 aliphatic carbocycles. The van der Waals surface area contributed by atoms with Gasteiger partial charge in [-0.15, -0.1) is 0 Å². The molecular weight excluding hydrogens is 585 g/mol. The van der Waals surface area contributed by atoms with E-state index < -0.39 is 0 Å². The van der Waals surface area contributed by atoms with E-state index in [2.05, 4.69) is 174 Å². The van der Waals surface area contributed by atoms with Crippen LogP contribution in [0.3, 0.4) is 0 Å². The van der Waals surface area contributed by atoms with Crippen molar-refractivity contribution in [2.45, 2.75) is 0 Å². The van der Waals surface area contributed by atoms with Crippen molar-refractivity contribution < 1.29 is 0 Å². The third kappa shape index (κ3) is 4.97. The van der Waals surface area contributed by atoms with E-state index in [9.17, 15) is 0 Å². The standard InChI is InChI=1S/C44H30N4/c1-4-12-30(13-5-1)33-22-26-41-42(28-33)47-43(31-14-6-2-7-15-31)44(46-41)32-20-23-35(24-21-32)48(34-16-8-3-9-17-34)36-25-27-40-38(29-36)37-18-10-11-19-39(37)45-40/h1-29,45H. The molecule has 0 unspecified atom stereocenters. The van der Waals surface area contributed by atoms with Gasteiger partial charge in [0.05, 0.1) is 22.4 Å². The Balaban J connectivity index is 1.16. The van der Waals surface area contributed by atoms with Gasteiger partial charge in [-0.3, -0.25) is 0 Å². The van der Waals surface area contributed by atoms with Crippen molar-refractivity contribution in [3.05, 3.63) is 176 Å². The number of anilines is 3. The molecule has 0 spiro atoms. The summed E-state index contributed by atoms with van der Waals surface area (Å²) in [5.74, 6) is 0. The zero-order chi connectivity index (χ0) is 31.9. The SMILES string of the molecule is c1ccc(-c2ccc3nc(-c4ccc(N(c5ccccc5)c5ccc6[nH]c7ccccc7c6c5)cc4)c(-c4ccccc4)nc3c2)cc1. The lowest BCUT2D eigenvalue weighted by Crippen LogP contribution is -2.09. The first-order chi connectivity index (χ1) is 23.8. The Labute approximate surface area is 278 Å². The normalized spacial score (nSPS) is 11.3. The summed E-state index contributed by atoms with van der Waals surface area (Å²) in [7, 11) is 0. The van der Waals surface area contributed by atoms with E-state index in [-0.39, 0.29) is 0 Å². The molecule has 0 fully saturated rings. The van der Waals surface area contributed by atoms with Crippen LogP contribution in [0.5, 0.6) is 0 Å². The van der Waals surface area contributed by atoms with Crippen LogP contribution in [0.2, 0.25) is 0 Å². The van der Waals surface area contributed by atoms with Crippen LogP contribution in [-0.2, 0) is 0 Å². The second kappa shape index (κ2) is 11.7. The zero-order valence-corrected chi connectivity index (χ0v) is 26.1. The van der Waals surface area contributed by atoms with Crippen LogP contribution in [0, 0.1) is 0 Å². The largest absolute Gasteiger partial charge is 0.355 e. The van der Waals surface area contributed by atoms with Crippen molar-refractivity contribution >= 4 is 49.9 Å². The lowest BCUT2D eigenvalue weighted by molar-refractivity contribution is 1.27. The highest BCUT2D eigenvalue weighted by Gasteiger charge is 2.17. The molecule has 7 aromatic carbocycles. The maximum absolute atomic E-state index is 5.23. The van der Waals surface area contributed by atoms with Crippen molar-refractivity contribution in [3.8, 4) is 33.6 Å². The third-order valence-corrected chi connectivity index (χ3v) is 8.98. The van der Waals surface area contributed by atoms with Gasteiger partial charge in [0.2, 0.25) is 0 Å². The summed E-state index contributed by atoms with van der Waals surface area (Å²) < 4.78 is 0. The van der Waals surface area contributed by atoms with E-state index >= 15 is 0 Å². The fourth-order valence-electron chi connectivity index (χ4n) is 6.63. The van der Waals surface area contributed by atoms with Crippen LogP contribution in [0.4, 0.5) is 17.1 Å². The Hall–Kier alpha value is -6.52. The second-order valence-corrected chi connectivity index (χ2v) is 12.0. The molecule has 0 atom stereocenters. The monoisotopic (exact) mass is 614 g/mol. The minimum absolute atomic E-state index is 0.860. The lowest BCUT2D eigenvalue weighted by Gasteiger charge is -2.26. The van der Waals surface area contributed by atoms with Crippen molar-refractivity contribution in [1.82, 2.24) is 15.0 Å². The molecule has 2 aromatic heterocycles. The number of para-hydroxylation sites is 2. The van der Waals surface area contributed by atoms with E-state index in [1.54, 1.807) is 0 Å². The molecule has 48 heavy (non-hydrogen) atoms. The van der Waals surface area contributed by atoms with Crippen molar-refractivity contribution in [3.63, 3.8) is 0 Å². The van der Waals surface area contributed by atoms with E-state index in [0.29, 0.717) is 0 Å². The Morgan fingerprint density at radius 1 is 0.354 bits per heavy atom. The topological polar surface area (TPSA) is 44.8 Å². The smallest absolute Gasteiger partial charge is 0.0973 e. The molecule has 1 N–H and O–H groups in total. The summed E-state index contributed by atoms with van der Waals surface area (Å²) in [5.41, 5.74) is 13.3. The van der Waals surface area contributed by atoms with E-state index in [0.717, 1.165) is 72.8 Å². The average Bonchev–Trinajstić information content (AvgIpc) is 3.54. The predicted octanol–water partition coefficient (Wildman–Crippen LogP) is 11.7.